The number of aromatic amines is 1. The molecule has 16 heavy (non-hydrogen) atoms. The molecule has 0 radical (unpaired) electrons. The zero-order valence-corrected chi connectivity index (χ0v) is 8.34. The van der Waals surface area contributed by atoms with Crippen LogP contribution in [-0.2, 0) is 11.3 Å². The summed E-state index contributed by atoms with van der Waals surface area (Å²) in [5.41, 5.74) is 2.88. The predicted molar refractivity (Wildman–Crippen MR) is 54.2 cm³/mol. The lowest BCUT2D eigenvalue weighted by Crippen LogP contribution is -2.02. The van der Waals surface area contributed by atoms with Gasteiger partial charge in [-0.3, -0.25) is 10.1 Å². The van der Waals surface area contributed by atoms with Crippen LogP contribution in [0.25, 0.3) is 0 Å². The molecule has 0 amide bonds. The highest BCUT2D eigenvalue weighted by Gasteiger charge is 2.31. The number of H-pyrrole nitrogens is 1. The normalized spacial score (nSPS) is 18.1. The van der Waals surface area contributed by atoms with Gasteiger partial charge in [0.1, 0.15) is 17.9 Å². The molecule has 0 saturated heterocycles. The van der Waals surface area contributed by atoms with E-state index in [0.717, 1.165) is 17.0 Å². The summed E-state index contributed by atoms with van der Waals surface area (Å²) in [4.78, 5) is 4.24. The number of hydrogen-bond acceptors (Lipinski definition) is 4. The molecule has 0 bridgehead atoms. The van der Waals surface area contributed by atoms with E-state index in [1.165, 1.54) is 0 Å². The van der Waals surface area contributed by atoms with E-state index < -0.39 is 0 Å². The zero-order valence-electron chi connectivity index (χ0n) is 8.34. The topological polar surface area (TPSA) is 74.6 Å². The monoisotopic (exact) mass is 212 g/mol. The van der Waals surface area contributed by atoms with Crippen molar-refractivity contribution in [2.75, 3.05) is 0 Å². The fourth-order valence-corrected chi connectivity index (χ4v) is 1.88. The Kier molecular flexibility index (Phi) is 1.95. The van der Waals surface area contributed by atoms with Crippen molar-refractivity contribution in [2.45, 2.75) is 12.7 Å². The van der Waals surface area contributed by atoms with Crippen LogP contribution in [0, 0.1) is 11.3 Å². The molecule has 1 aliphatic heterocycles. The van der Waals surface area contributed by atoms with E-state index in [-0.39, 0.29) is 6.10 Å². The summed E-state index contributed by atoms with van der Waals surface area (Å²) < 4.78 is 5.60. The second kappa shape index (κ2) is 3.43. The van der Waals surface area contributed by atoms with Gasteiger partial charge in [0.05, 0.1) is 18.0 Å². The van der Waals surface area contributed by atoms with Gasteiger partial charge in [0.25, 0.3) is 0 Å². The van der Waals surface area contributed by atoms with Crippen molar-refractivity contribution in [3.05, 3.63) is 47.0 Å². The summed E-state index contributed by atoms with van der Waals surface area (Å²) >= 11 is 0. The molecule has 1 atom stereocenters. The van der Waals surface area contributed by atoms with Crippen LogP contribution in [-0.4, -0.2) is 15.2 Å². The molecule has 0 aliphatic carbocycles. The third kappa shape index (κ3) is 1.21. The Morgan fingerprint density at radius 2 is 2.44 bits per heavy atom. The highest BCUT2D eigenvalue weighted by molar-refractivity contribution is 5.41. The number of rotatable bonds is 1. The van der Waals surface area contributed by atoms with Gasteiger partial charge in [0.2, 0.25) is 0 Å². The number of nitrogens with one attached hydrogen (secondary N) is 1. The number of aromatic nitrogens is 3. The van der Waals surface area contributed by atoms with Gasteiger partial charge in [0, 0.05) is 11.8 Å². The quantitative estimate of drug-likeness (QED) is 0.773. The summed E-state index contributed by atoms with van der Waals surface area (Å²) in [5, 5.41) is 15.7. The van der Waals surface area contributed by atoms with E-state index in [1.54, 1.807) is 6.20 Å². The molecule has 0 spiro atoms. The predicted octanol–water partition coefficient (Wildman–Crippen LogP) is 1.30. The van der Waals surface area contributed by atoms with Crippen molar-refractivity contribution in [3.8, 4) is 6.07 Å². The van der Waals surface area contributed by atoms with E-state index in [1.807, 2.05) is 18.2 Å². The van der Waals surface area contributed by atoms with Crippen LogP contribution in [0.15, 0.2) is 24.4 Å². The molecule has 1 aliphatic rings. The minimum Gasteiger partial charge on any atom is -0.361 e. The summed E-state index contributed by atoms with van der Waals surface area (Å²) in [6.45, 7) is 0.425. The molecule has 1 N–H and O–H groups in total. The Balaban J connectivity index is 2.10. The van der Waals surface area contributed by atoms with Crippen molar-refractivity contribution in [1.82, 2.24) is 15.2 Å². The van der Waals surface area contributed by atoms with Gasteiger partial charge in [0.15, 0.2) is 0 Å². The minimum absolute atomic E-state index is 0.274. The first-order valence-electron chi connectivity index (χ1n) is 4.90. The molecule has 1 unspecified atom stereocenters. The van der Waals surface area contributed by atoms with Crippen molar-refractivity contribution < 1.29 is 4.74 Å². The maximum absolute atomic E-state index is 8.96. The average molecular weight is 212 g/mol. The summed E-state index contributed by atoms with van der Waals surface area (Å²) in [7, 11) is 0. The summed E-state index contributed by atoms with van der Waals surface area (Å²) in [6.07, 6.45) is 1.44. The summed E-state index contributed by atoms with van der Waals surface area (Å²) in [6, 6.07) is 7.71. The van der Waals surface area contributed by atoms with Gasteiger partial charge in [-0.15, -0.1) is 0 Å². The molecule has 78 valence electrons. The van der Waals surface area contributed by atoms with Crippen LogP contribution in [0.3, 0.4) is 0 Å². The number of fused-ring (bicyclic) bond motifs is 1. The van der Waals surface area contributed by atoms with Crippen LogP contribution in [0.2, 0.25) is 0 Å². The van der Waals surface area contributed by atoms with Gasteiger partial charge >= 0.3 is 0 Å². The Morgan fingerprint density at radius 1 is 1.50 bits per heavy atom. The second-order valence-corrected chi connectivity index (χ2v) is 3.52. The Hall–Kier alpha value is -2.19. The van der Waals surface area contributed by atoms with Gasteiger partial charge < -0.3 is 4.74 Å². The first-order valence-corrected chi connectivity index (χ1v) is 4.90. The van der Waals surface area contributed by atoms with E-state index in [0.29, 0.717) is 12.3 Å². The largest absolute Gasteiger partial charge is 0.361 e. The Morgan fingerprint density at radius 3 is 3.19 bits per heavy atom. The van der Waals surface area contributed by atoms with Crippen LogP contribution in [0.1, 0.15) is 28.7 Å². The first kappa shape index (κ1) is 9.07. The van der Waals surface area contributed by atoms with E-state index in [2.05, 4.69) is 21.3 Å². The van der Waals surface area contributed by atoms with Crippen molar-refractivity contribution in [1.29, 1.82) is 5.26 Å². The molecule has 0 saturated carbocycles. The van der Waals surface area contributed by atoms with Gasteiger partial charge in [-0.2, -0.15) is 10.4 Å². The maximum atomic E-state index is 8.96. The van der Waals surface area contributed by atoms with Crippen molar-refractivity contribution in [2.24, 2.45) is 0 Å². The lowest BCUT2D eigenvalue weighted by atomic mass is 10.1. The van der Waals surface area contributed by atoms with Crippen LogP contribution < -0.4 is 0 Å². The standard InChI is InChI=1S/C11H8N4O/c12-5-8-10-9(15-14-8)6-16-11(10)7-3-1-2-4-13-7/h1-4,11H,6H2,(H,14,15). The molecule has 3 heterocycles. The summed E-state index contributed by atoms with van der Waals surface area (Å²) in [5.74, 6) is 0. The molecule has 0 fully saturated rings. The van der Waals surface area contributed by atoms with Crippen LogP contribution in [0.4, 0.5) is 0 Å². The lowest BCUT2D eigenvalue weighted by Gasteiger charge is -2.08. The first-order chi connectivity index (χ1) is 7.90. The number of nitrogens with zero attached hydrogens (tertiary/aromatic N) is 3. The van der Waals surface area contributed by atoms with E-state index >= 15 is 0 Å². The molecular formula is C11H8N4O. The minimum atomic E-state index is -0.274. The fourth-order valence-electron chi connectivity index (χ4n) is 1.88. The van der Waals surface area contributed by atoms with Gasteiger partial charge in [-0.1, -0.05) is 6.07 Å². The number of pyridine rings is 1. The van der Waals surface area contributed by atoms with E-state index in [4.69, 9.17) is 10.00 Å². The third-order valence-corrected chi connectivity index (χ3v) is 2.60. The van der Waals surface area contributed by atoms with Crippen molar-refractivity contribution >= 4 is 0 Å². The smallest absolute Gasteiger partial charge is 0.142 e. The third-order valence-electron chi connectivity index (χ3n) is 2.60. The molecule has 0 aromatic carbocycles. The van der Waals surface area contributed by atoms with Crippen molar-refractivity contribution in [3.63, 3.8) is 0 Å². The number of nitriles is 1. The van der Waals surface area contributed by atoms with E-state index in [9.17, 15) is 0 Å². The highest BCUT2D eigenvalue weighted by atomic mass is 16.5. The van der Waals surface area contributed by atoms with Crippen LogP contribution in [0.5, 0.6) is 0 Å². The average Bonchev–Trinajstić information content (AvgIpc) is 2.90. The van der Waals surface area contributed by atoms with Gasteiger partial charge in [-0.05, 0) is 12.1 Å². The molecule has 3 rings (SSSR count). The second-order valence-electron chi connectivity index (χ2n) is 3.52. The lowest BCUT2D eigenvalue weighted by molar-refractivity contribution is 0.0886. The fraction of sp³-hybridized carbons (Fsp3) is 0.182. The molecule has 5 heteroatoms. The number of hydrogen-bond donors (Lipinski definition) is 1. The Bertz CT molecular complexity index is 555. The molecule has 2 aromatic heterocycles. The van der Waals surface area contributed by atoms with Crippen LogP contribution >= 0.6 is 0 Å². The molecule has 5 nitrogen and oxygen atoms in total. The molecule has 2 aromatic rings. The Labute approximate surface area is 91.7 Å². The zero-order chi connectivity index (χ0) is 11.0. The van der Waals surface area contributed by atoms with Gasteiger partial charge in [-0.25, -0.2) is 0 Å². The molecular weight excluding hydrogens is 204 g/mol. The number of ether oxygens (including phenoxy) is 1. The highest BCUT2D eigenvalue weighted by Crippen LogP contribution is 2.35. The maximum Gasteiger partial charge on any atom is 0.142 e. The SMILES string of the molecule is N#Cc1[nH]nc2c1C(c1ccccn1)OC2.